The summed E-state index contributed by atoms with van der Waals surface area (Å²) in [6, 6.07) is 6.65. The van der Waals surface area contributed by atoms with E-state index in [1.165, 1.54) is 31.0 Å². The molecule has 0 radical (unpaired) electrons. The number of rotatable bonds is 7. The maximum Gasteiger partial charge on any atom is 0.321 e. The highest BCUT2D eigenvalue weighted by molar-refractivity contribution is 8.00. The number of thioether (sulfide) groups is 1. The summed E-state index contributed by atoms with van der Waals surface area (Å²) in [5, 5.41) is 13.2. The molecule has 1 unspecified atom stereocenters. The summed E-state index contributed by atoms with van der Waals surface area (Å²) in [5.41, 5.74) is -0.127. The molecule has 0 spiro atoms. The minimum atomic E-state index is -0.520. The first-order valence-corrected chi connectivity index (χ1v) is 12.7. The minimum absolute atomic E-state index is 0.127. The second kappa shape index (κ2) is 9.18. The van der Waals surface area contributed by atoms with E-state index in [1.54, 1.807) is 31.2 Å². The van der Waals surface area contributed by atoms with Crippen molar-refractivity contribution >= 4 is 35.3 Å². The van der Waals surface area contributed by atoms with E-state index >= 15 is 0 Å². The Morgan fingerprint density at radius 1 is 1.18 bits per heavy atom. The lowest BCUT2D eigenvalue weighted by Crippen LogP contribution is -2.62. The molecular formula is C23H28ClN5O3S. The van der Waals surface area contributed by atoms with Crippen LogP contribution in [0.1, 0.15) is 51.3 Å². The predicted molar refractivity (Wildman–Crippen MR) is 125 cm³/mol. The van der Waals surface area contributed by atoms with Crippen molar-refractivity contribution in [1.29, 1.82) is 0 Å². The largest absolute Gasteiger partial charge is 0.486 e. The fraction of sp³-hybridized carbons (Fsp3) is 0.565. The number of carbonyl (C=O) groups excluding carboxylic acids is 2. The predicted octanol–water partition coefficient (Wildman–Crippen LogP) is 4.31. The Morgan fingerprint density at radius 3 is 2.45 bits per heavy atom. The standard InChI is InChI=1S/C23H28ClN5O3S/c1-13(33-22-25-19(28-29-22)12-32-18-4-2-17(24)3-5-18)20(30)26-21(31)27-23-9-14-6-15(10-23)8-16(7-14)11-23/h2-5,13-16H,6-12H2,1H3,(H,25,28,29)(H2,26,27,30,31). The number of nitrogens with one attached hydrogen (secondary N) is 3. The third-order valence-corrected chi connectivity index (χ3v) is 8.22. The van der Waals surface area contributed by atoms with Crippen molar-refractivity contribution in [2.75, 3.05) is 0 Å². The molecule has 4 bridgehead atoms. The Bertz CT molecular complexity index is 992. The van der Waals surface area contributed by atoms with Crippen LogP contribution in [0.2, 0.25) is 5.02 Å². The molecule has 10 heteroatoms. The molecule has 176 valence electrons. The number of halogens is 1. The van der Waals surface area contributed by atoms with Crippen LogP contribution in [0.15, 0.2) is 29.4 Å². The van der Waals surface area contributed by atoms with Crippen LogP contribution in [0.4, 0.5) is 4.79 Å². The highest BCUT2D eigenvalue weighted by Gasteiger charge is 2.51. The number of H-pyrrole nitrogens is 1. The molecule has 4 fully saturated rings. The van der Waals surface area contributed by atoms with E-state index in [0.717, 1.165) is 37.0 Å². The zero-order valence-corrected chi connectivity index (χ0v) is 20.0. The summed E-state index contributed by atoms with van der Waals surface area (Å²) in [5.74, 6) is 3.04. The molecular weight excluding hydrogens is 462 g/mol. The van der Waals surface area contributed by atoms with E-state index in [2.05, 4.69) is 25.8 Å². The summed E-state index contributed by atoms with van der Waals surface area (Å²) >= 11 is 7.06. The number of aromatic nitrogens is 3. The van der Waals surface area contributed by atoms with Crippen molar-refractivity contribution in [1.82, 2.24) is 25.8 Å². The van der Waals surface area contributed by atoms with Crippen LogP contribution >= 0.6 is 23.4 Å². The van der Waals surface area contributed by atoms with Gasteiger partial charge in [-0.15, -0.1) is 5.10 Å². The number of nitrogens with zero attached hydrogens (tertiary/aromatic N) is 2. The number of imide groups is 1. The minimum Gasteiger partial charge on any atom is -0.486 e. The van der Waals surface area contributed by atoms with E-state index in [-0.39, 0.29) is 24.1 Å². The summed E-state index contributed by atoms with van der Waals surface area (Å²) < 4.78 is 5.65. The number of amides is 3. The van der Waals surface area contributed by atoms with Gasteiger partial charge in [-0.2, -0.15) is 0 Å². The van der Waals surface area contributed by atoms with Crippen LogP contribution in [0.3, 0.4) is 0 Å². The number of aromatic amines is 1. The van der Waals surface area contributed by atoms with Crippen molar-refractivity contribution in [3.8, 4) is 5.75 Å². The van der Waals surface area contributed by atoms with Gasteiger partial charge in [-0.05, 0) is 87.5 Å². The van der Waals surface area contributed by atoms with Gasteiger partial charge in [0, 0.05) is 10.6 Å². The summed E-state index contributed by atoms with van der Waals surface area (Å²) in [7, 11) is 0. The first kappa shape index (κ1) is 22.5. The van der Waals surface area contributed by atoms with E-state index in [4.69, 9.17) is 16.3 Å². The molecule has 8 nitrogen and oxygen atoms in total. The SMILES string of the molecule is CC(Sc1n[nH]c(COc2ccc(Cl)cc2)n1)C(=O)NC(=O)NC12CC3CC(CC(C3)C1)C2. The van der Waals surface area contributed by atoms with E-state index in [0.29, 0.717) is 21.8 Å². The van der Waals surface area contributed by atoms with Crippen LogP contribution in [-0.2, 0) is 11.4 Å². The maximum atomic E-state index is 12.6. The smallest absolute Gasteiger partial charge is 0.321 e. The van der Waals surface area contributed by atoms with Gasteiger partial charge in [-0.3, -0.25) is 15.2 Å². The number of urea groups is 1. The Balaban J connectivity index is 1.09. The second-order valence-corrected chi connectivity index (χ2v) is 11.5. The first-order chi connectivity index (χ1) is 15.9. The highest BCUT2D eigenvalue weighted by Crippen LogP contribution is 2.55. The van der Waals surface area contributed by atoms with Crippen molar-refractivity contribution < 1.29 is 14.3 Å². The molecule has 0 saturated heterocycles. The van der Waals surface area contributed by atoms with E-state index in [9.17, 15) is 9.59 Å². The fourth-order valence-corrected chi connectivity index (χ4v) is 6.91. The summed E-state index contributed by atoms with van der Waals surface area (Å²) in [6.07, 6.45) is 7.05. The lowest BCUT2D eigenvalue weighted by atomic mass is 9.53. The molecule has 4 aliphatic rings. The van der Waals surface area contributed by atoms with Crippen molar-refractivity contribution in [2.24, 2.45) is 17.8 Å². The van der Waals surface area contributed by atoms with Crippen LogP contribution in [-0.4, -0.2) is 37.9 Å². The van der Waals surface area contributed by atoms with E-state index in [1.807, 2.05) is 0 Å². The molecule has 3 N–H and O–H groups in total. The summed E-state index contributed by atoms with van der Waals surface area (Å²) in [6.45, 7) is 1.95. The Hall–Kier alpha value is -2.26. The number of carbonyl (C=O) groups is 2. The van der Waals surface area contributed by atoms with Crippen molar-refractivity contribution in [3.63, 3.8) is 0 Å². The normalized spacial score (nSPS) is 28.4. The average Bonchev–Trinajstić information content (AvgIpc) is 3.19. The molecule has 4 aliphatic carbocycles. The number of hydrogen-bond donors (Lipinski definition) is 3. The van der Waals surface area contributed by atoms with E-state index < -0.39 is 5.25 Å². The average molecular weight is 490 g/mol. The van der Waals surface area contributed by atoms with Gasteiger partial charge in [0.1, 0.15) is 12.4 Å². The third-order valence-electron chi connectivity index (χ3n) is 7.01. The molecule has 4 saturated carbocycles. The second-order valence-electron chi connectivity index (χ2n) is 9.71. The monoisotopic (exact) mass is 489 g/mol. The zero-order chi connectivity index (χ0) is 23.0. The van der Waals surface area contributed by atoms with Crippen LogP contribution in [0.25, 0.3) is 0 Å². The maximum absolute atomic E-state index is 12.6. The van der Waals surface area contributed by atoms with Crippen LogP contribution in [0.5, 0.6) is 5.75 Å². The fourth-order valence-electron chi connectivity index (χ4n) is 6.04. The molecule has 33 heavy (non-hydrogen) atoms. The van der Waals surface area contributed by atoms with Gasteiger partial charge in [0.25, 0.3) is 0 Å². The molecule has 0 aliphatic heterocycles. The first-order valence-electron chi connectivity index (χ1n) is 11.5. The lowest BCUT2D eigenvalue weighted by Gasteiger charge is -2.56. The van der Waals surface area contributed by atoms with Gasteiger partial charge in [0.05, 0.1) is 5.25 Å². The molecule has 6 rings (SSSR count). The topological polar surface area (TPSA) is 109 Å². The number of ether oxygens (including phenoxy) is 1. The third kappa shape index (κ3) is 5.30. The molecule has 2 aromatic rings. The number of benzene rings is 1. The van der Waals surface area contributed by atoms with Crippen molar-refractivity contribution in [3.05, 3.63) is 35.1 Å². The molecule has 1 atom stereocenters. The van der Waals surface area contributed by atoms with Gasteiger partial charge < -0.3 is 10.1 Å². The molecule has 1 aromatic heterocycles. The summed E-state index contributed by atoms with van der Waals surface area (Å²) in [4.78, 5) is 29.6. The zero-order valence-electron chi connectivity index (χ0n) is 18.5. The number of hydrogen-bond acceptors (Lipinski definition) is 6. The Kier molecular flexibility index (Phi) is 6.26. The van der Waals surface area contributed by atoms with Crippen LogP contribution in [0, 0.1) is 17.8 Å². The highest BCUT2D eigenvalue weighted by atomic mass is 35.5. The van der Waals surface area contributed by atoms with Crippen molar-refractivity contribution in [2.45, 2.75) is 68.0 Å². The van der Waals surface area contributed by atoms with Crippen LogP contribution < -0.4 is 15.4 Å². The van der Waals surface area contributed by atoms with Gasteiger partial charge in [-0.25, -0.2) is 9.78 Å². The Morgan fingerprint density at radius 2 is 1.82 bits per heavy atom. The lowest BCUT2D eigenvalue weighted by molar-refractivity contribution is -0.119. The van der Waals surface area contributed by atoms with Gasteiger partial charge in [0.2, 0.25) is 11.1 Å². The van der Waals surface area contributed by atoms with Gasteiger partial charge in [0.15, 0.2) is 5.82 Å². The quantitative estimate of drug-likeness (QED) is 0.500. The molecule has 3 amide bonds. The molecule has 1 heterocycles. The van der Waals surface area contributed by atoms with Gasteiger partial charge in [-0.1, -0.05) is 23.4 Å². The van der Waals surface area contributed by atoms with Gasteiger partial charge >= 0.3 is 6.03 Å². The Labute approximate surface area is 202 Å². The molecule has 1 aromatic carbocycles.